The minimum atomic E-state index is -0.0449. The highest BCUT2D eigenvalue weighted by molar-refractivity contribution is 5.94. The van der Waals surface area contributed by atoms with Gasteiger partial charge in [0.05, 0.1) is 23.2 Å². The molecule has 0 radical (unpaired) electrons. The van der Waals surface area contributed by atoms with Crippen molar-refractivity contribution in [1.82, 2.24) is 14.8 Å². The van der Waals surface area contributed by atoms with Gasteiger partial charge in [-0.2, -0.15) is 10.4 Å². The number of nitriles is 1. The fourth-order valence-electron chi connectivity index (χ4n) is 4.29. The zero-order valence-electron chi connectivity index (χ0n) is 16.6. The molecule has 2 aromatic heterocycles. The van der Waals surface area contributed by atoms with Crippen LogP contribution in [0.4, 0.5) is 5.69 Å². The molecular weight excluding hydrogens is 374 g/mol. The fraction of sp³-hybridized carbons (Fsp3) is 0.208. The maximum Gasteiger partial charge on any atom is 0.250 e. The lowest BCUT2D eigenvalue weighted by Crippen LogP contribution is -2.17. The minimum Gasteiger partial charge on any atom is -0.378 e. The molecule has 2 aromatic carbocycles. The van der Waals surface area contributed by atoms with Crippen molar-refractivity contribution in [1.29, 1.82) is 5.26 Å². The van der Waals surface area contributed by atoms with Crippen LogP contribution in [-0.2, 0) is 13.5 Å². The van der Waals surface area contributed by atoms with Gasteiger partial charge in [0.1, 0.15) is 5.69 Å². The molecule has 0 amide bonds. The lowest BCUT2D eigenvalue weighted by atomic mass is 9.86. The number of nitrogens with zero attached hydrogens (tertiary/aromatic N) is 3. The molecule has 1 unspecified atom stereocenters. The van der Waals surface area contributed by atoms with Gasteiger partial charge in [-0.25, -0.2) is 0 Å². The number of anilines is 1. The average Bonchev–Trinajstić information content (AvgIpc) is 3.19. The van der Waals surface area contributed by atoms with Gasteiger partial charge in [-0.05, 0) is 66.8 Å². The van der Waals surface area contributed by atoms with Crippen molar-refractivity contribution in [3.8, 4) is 17.3 Å². The van der Waals surface area contributed by atoms with Crippen LogP contribution in [0.15, 0.2) is 59.5 Å². The van der Waals surface area contributed by atoms with E-state index in [0.717, 1.165) is 52.7 Å². The van der Waals surface area contributed by atoms with E-state index < -0.39 is 0 Å². The number of hydrogen-bond donors (Lipinski definition) is 2. The van der Waals surface area contributed by atoms with Crippen molar-refractivity contribution in [3.63, 3.8) is 0 Å². The summed E-state index contributed by atoms with van der Waals surface area (Å²) in [5, 5.41) is 21.4. The van der Waals surface area contributed by atoms with Gasteiger partial charge in [-0.15, -0.1) is 0 Å². The SMILES string of the molecule is Cn1cc(-c2n[nH]c3ccc(NC4CCCc5cc(C#N)ccc54)cc23)ccc1=O. The van der Waals surface area contributed by atoms with Gasteiger partial charge in [-0.3, -0.25) is 9.89 Å². The summed E-state index contributed by atoms with van der Waals surface area (Å²) >= 11 is 0. The molecular formula is C24H21N5O. The van der Waals surface area contributed by atoms with E-state index in [4.69, 9.17) is 0 Å². The van der Waals surface area contributed by atoms with E-state index in [2.05, 4.69) is 39.8 Å². The number of pyridine rings is 1. The molecule has 5 rings (SSSR count). The number of hydrogen-bond acceptors (Lipinski definition) is 4. The van der Waals surface area contributed by atoms with Crippen LogP contribution in [0, 0.1) is 11.3 Å². The topological polar surface area (TPSA) is 86.5 Å². The summed E-state index contributed by atoms with van der Waals surface area (Å²) in [6.45, 7) is 0. The fourth-order valence-corrected chi connectivity index (χ4v) is 4.29. The van der Waals surface area contributed by atoms with Gasteiger partial charge in [0, 0.05) is 35.9 Å². The van der Waals surface area contributed by atoms with E-state index in [1.165, 1.54) is 11.1 Å². The molecule has 6 nitrogen and oxygen atoms in total. The number of aromatic nitrogens is 3. The van der Waals surface area contributed by atoms with Crippen molar-refractivity contribution in [3.05, 3.63) is 81.8 Å². The number of rotatable bonds is 3. The molecule has 1 atom stereocenters. The highest BCUT2D eigenvalue weighted by Crippen LogP contribution is 2.34. The first kappa shape index (κ1) is 18.2. The number of benzene rings is 2. The summed E-state index contributed by atoms with van der Waals surface area (Å²) < 4.78 is 1.56. The summed E-state index contributed by atoms with van der Waals surface area (Å²) in [7, 11) is 1.74. The molecule has 148 valence electrons. The standard InChI is InChI=1S/C24H21N5O/c1-29-14-17(6-10-23(29)30)24-20-12-18(7-9-22(20)27-28-24)26-21-4-2-3-16-11-15(13-25)5-8-19(16)21/h5-12,14,21,26H,2-4H2,1H3,(H,27,28). The average molecular weight is 395 g/mol. The quantitative estimate of drug-likeness (QED) is 0.542. The van der Waals surface area contributed by atoms with Crippen molar-refractivity contribution in [2.24, 2.45) is 7.05 Å². The van der Waals surface area contributed by atoms with Crippen molar-refractivity contribution in [2.75, 3.05) is 5.32 Å². The van der Waals surface area contributed by atoms with E-state index >= 15 is 0 Å². The predicted molar refractivity (Wildman–Crippen MR) is 117 cm³/mol. The number of aryl methyl sites for hydroxylation is 2. The maximum atomic E-state index is 11.7. The molecule has 0 spiro atoms. The summed E-state index contributed by atoms with van der Waals surface area (Å²) in [6.07, 6.45) is 4.97. The molecule has 1 aliphatic rings. The molecule has 2 heterocycles. The molecule has 2 N–H and O–H groups in total. The number of fused-ring (bicyclic) bond motifs is 2. The molecule has 4 aromatic rings. The van der Waals surface area contributed by atoms with E-state index in [1.54, 1.807) is 17.7 Å². The van der Waals surface area contributed by atoms with Crippen LogP contribution < -0.4 is 10.9 Å². The van der Waals surface area contributed by atoms with Crippen LogP contribution in [0.3, 0.4) is 0 Å². The van der Waals surface area contributed by atoms with Crippen LogP contribution in [0.1, 0.15) is 35.6 Å². The Bertz CT molecular complexity index is 1360. The number of nitrogens with one attached hydrogen (secondary N) is 2. The third-order valence-corrected chi connectivity index (χ3v) is 5.85. The first-order valence-corrected chi connectivity index (χ1v) is 10.1. The van der Waals surface area contributed by atoms with Crippen molar-refractivity contribution >= 4 is 16.6 Å². The Kier molecular flexibility index (Phi) is 4.36. The van der Waals surface area contributed by atoms with Gasteiger partial charge >= 0.3 is 0 Å². The smallest absolute Gasteiger partial charge is 0.250 e. The zero-order chi connectivity index (χ0) is 20.7. The van der Waals surface area contributed by atoms with Crippen LogP contribution >= 0.6 is 0 Å². The molecule has 0 fully saturated rings. The second-order valence-corrected chi connectivity index (χ2v) is 7.81. The van der Waals surface area contributed by atoms with E-state index in [-0.39, 0.29) is 11.6 Å². The highest BCUT2D eigenvalue weighted by Gasteiger charge is 2.21. The summed E-state index contributed by atoms with van der Waals surface area (Å²) in [5.41, 5.74) is 6.90. The van der Waals surface area contributed by atoms with Crippen LogP contribution in [-0.4, -0.2) is 14.8 Å². The third kappa shape index (κ3) is 3.15. The maximum absolute atomic E-state index is 11.7. The Morgan fingerprint density at radius 2 is 2.10 bits per heavy atom. The summed E-state index contributed by atoms with van der Waals surface area (Å²) in [6, 6.07) is 18.0. The Hall–Kier alpha value is -3.85. The van der Waals surface area contributed by atoms with Gasteiger partial charge in [0.2, 0.25) is 5.56 Å². The third-order valence-electron chi connectivity index (χ3n) is 5.85. The molecule has 1 aliphatic carbocycles. The predicted octanol–water partition coefficient (Wildman–Crippen LogP) is 4.29. The van der Waals surface area contributed by atoms with Gasteiger partial charge in [0.15, 0.2) is 0 Å². The van der Waals surface area contributed by atoms with E-state index in [1.807, 2.05) is 30.5 Å². The number of H-pyrrole nitrogens is 1. The molecule has 0 saturated carbocycles. The lowest BCUT2D eigenvalue weighted by molar-refractivity contribution is 0.600. The molecule has 0 saturated heterocycles. The Morgan fingerprint density at radius 1 is 1.20 bits per heavy atom. The highest BCUT2D eigenvalue weighted by atomic mass is 16.1. The molecule has 0 aliphatic heterocycles. The summed E-state index contributed by atoms with van der Waals surface area (Å²) in [5.74, 6) is 0. The Balaban J connectivity index is 1.50. The second-order valence-electron chi connectivity index (χ2n) is 7.81. The van der Waals surface area contributed by atoms with Crippen LogP contribution in [0.2, 0.25) is 0 Å². The van der Waals surface area contributed by atoms with E-state index in [9.17, 15) is 10.1 Å². The van der Waals surface area contributed by atoms with Crippen LogP contribution in [0.5, 0.6) is 0 Å². The number of aromatic amines is 1. The largest absolute Gasteiger partial charge is 0.378 e. The van der Waals surface area contributed by atoms with Gasteiger partial charge < -0.3 is 9.88 Å². The monoisotopic (exact) mass is 395 g/mol. The first-order chi connectivity index (χ1) is 14.6. The summed E-state index contributed by atoms with van der Waals surface area (Å²) in [4.78, 5) is 11.7. The Labute approximate surface area is 173 Å². The van der Waals surface area contributed by atoms with E-state index in [0.29, 0.717) is 0 Å². The van der Waals surface area contributed by atoms with Crippen molar-refractivity contribution < 1.29 is 0 Å². The molecule has 0 bridgehead atoms. The normalized spacial score (nSPS) is 15.5. The minimum absolute atomic E-state index is 0.0449. The Morgan fingerprint density at radius 3 is 2.93 bits per heavy atom. The first-order valence-electron chi connectivity index (χ1n) is 10.1. The van der Waals surface area contributed by atoms with Crippen LogP contribution in [0.25, 0.3) is 22.2 Å². The second kappa shape index (κ2) is 7.20. The zero-order valence-corrected chi connectivity index (χ0v) is 16.6. The molecule has 30 heavy (non-hydrogen) atoms. The van der Waals surface area contributed by atoms with Crippen molar-refractivity contribution in [2.45, 2.75) is 25.3 Å². The van der Waals surface area contributed by atoms with Gasteiger partial charge in [-0.1, -0.05) is 6.07 Å². The molecule has 6 heteroatoms. The lowest BCUT2D eigenvalue weighted by Gasteiger charge is -2.27. The van der Waals surface area contributed by atoms with Gasteiger partial charge in [0.25, 0.3) is 0 Å².